The van der Waals surface area contributed by atoms with Crippen molar-refractivity contribution in [1.82, 2.24) is 0 Å². The van der Waals surface area contributed by atoms with Gasteiger partial charge in [-0.05, 0) is 38.0 Å². The number of hydrogen-bond donors (Lipinski definition) is 1. The lowest BCUT2D eigenvalue weighted by molar-refractivity contribution is 0.367. The van der Waals surface area contributed by atoms with Gasteiger partial charge in [-0.2, -0.15) is 0 Å². The first-order chi connectivity index (χ1) is 7.15. The lowest BCUT2D eigenvalue weighted by Gasteiger charge is -2.10. The summed E-state index contributed by atoms with van der Waals surface area (Å²) in [5, 5.41) is 0. The molecule has 0 aliphatic carbocycles. The van der Waals surface area contributed by atoms with Crippen LogP contribution in [-0.2, 0) is 0 Å². The van der Waals surface area contributed by atoms with Crippen LogP contribution < -0.4 is 10.5 Å². The van der Waals surface area contributed by atoms with Crippen LogP contribution in [0.25, 0.3) is 0 Å². The Morgan fingerprint density at radius 3 is 2.73 bits per heavy atom. The van der Waals surface area contributed by atoms with Gasteiger partial charge in [-0.15, -0.1) is 5.92 Å². The largest absolute Gasteiger partial charge is 0.481 e. The minimum absolute atomic E-state index is 0.0631. The molecule has 0 radical (unpaired) electrons. The van der Waals surface area contributed by atoms with Crippen LogP contribution in [0.3, 0.4) is 0 Å². The van der Waals surface area contributed by atoms with E-state index in [1.54, 1.807) is 6.92 Å². The second kappa shape index (κ2) is 5.43. The van der Waals surface area contributed by atoms with Crippen LogP contribution in [0, 0.1) is 18.8 Å². The molecule has 0 aliphatic heterocycles. The maximum Gasteiger partial charge on any atom is 0.149 e. The number of ether oxygens (including phenoxy) is 1. The fourth-order valence-electron chi connectivity index (χ4n) is 1.30. The van der Waals surface area contributed by atoms with Crippen molar-refractivity contribution in [2.75, 3.05) is 6.61 Å². The van der Waals surface area contributed by atoms with Gasteiger partial charge in [0.25, 0.3) is 0 Å². The normalized spacial score (nSPS) is 11.5. The van der Waals surface area contributed by atoms with E-state index in [-0.39, 0.29) is 6.04 Å². The van der Waals surface area contributed by atoms with Gasteiger partial charge in [0.1, 0.15) is 12.4 Å². The lowest BCUT2D eigenvalue weighted by Crippen LogP contribution is -2.05. The molecule has 2 nitrogen and oxygen atoms in total. The summed E-state index contributed by atoms with van der Waals surface area (Å²) < 4.78 is 5.50. The summed E-state index contributed by atoms with van der Waals surface area (Å²) in [6, 6.07) is 6.06. The quantitative estimate of drug-likeness (QED) is 0.766. The highest BCUT2D eigenvalue weighted by Crippen LogP contribution is 2.21. The van der Waals surface area contributed by atoms with E-state index in [4.69, 9.17) is 10.5 Å². The number of rotatable bonds is 3. The maximum atomic E-state index is 5.79. The van der Waals surface area contributed by atoms with Gasteiger partial charge >= 0.3 is 0 Å². The van der Waals surface area contributed by atoms with Gasteiger partial charge in [0.05, 0.1) is 0 Å². The summed E-state index contributed by atoms with van der Waals surface area (Å²) in [4.78, 5) is 0. The third kappa shape index (κ3) is 3.30. The topological polar surface area (TPSA) is 35.2 Å². The molecule has 1 aromatic carbocycles. The van der Waals surface area contributed by atoms with E-state index in [1.807, 2.05) is 26.0 Å². The molecule has 1 atom stereocenters. The van der Waals surface area contributed by atoms with Gasteiger partial charge in [-0.3, -0.25) is 0 Å². The number of nitrogens with two attached hydrogens (primary N) is 1. The van der Waals surface area contributed by atoms with Crippen molar-refractivity contribution in [2.45, 2.75) is 26.8 Å². The maximum absolute atomic E-state index is 5.79. The molecule has 2 N–H and O–H groups in total. The van der Waals surface area contributed by atoms with Crippen molar-refractivity contribution < 1.29 is 4.74 Å². The van der Waals surface area contributed by atoms with Gasteiger partial charge in [-0.1, -0.05) is 18.1 Å². The highest BCUT2D eigenvalue weighted by Gasteiger charge is 2.03. The smallest absolute Gasteiger partial charge is 0.149 e. The molecule has 0 aliphatic rings. The average Bonchev–Trinajstić information content (AvgIpc) is 2.20. The van der Waals surface area contributed by atoms with Crippen molar-refractivity contribution in [3.8, 4) is 17.6 Å². The van der Waals surface area contributed by atoms with Crippen LogP contribution in [0.15, 0.2) is 18.2 Å². The highest BCUT2D eigenvalue weighted by atomic mass is 16.5. The predicted molar refractivity (Wildman–Crippen MR) is 62.7 cm³/mol. The van der Waals surface area contributed by atoms with E-state index in [2.05, 4.69) is 17.9 Å². The van der Waals surface area contributed by atoms with Crippen LogP contribution in [0.2, 0.25) is 0 Å². The predicted octanol–water partition coefficient (Wildman–Crippen LogP) is 2.42. The summed E-state index contributed by atoms with van der Waals surface area (Å²) in [6.07, 6.45) is 0. The van der Waals surface area contributed by atoms with Gasteiger partial charge in [0, 0.05) is 6.04 Å². The fraction of sp³-hybridized carbons (Fsp3) is 0.385. The molecular weight excluding hydrogens is 186 g/mol. The minimum Gasteiger partial charge on any atom is -0.481 e. The van der Waals surface area contributed by atoms with Gasteiger partial charge < -0.3 is 10.5 Å². The Kier molecular flexibility index (Phi) is 4.20. The zero-order valence-corrected chi connectivity index (χ0v) is 9.50. The third-order valence-corrected chi connectivity index (χ3v) is 2.20. The number of hydrogen-bond acceptors (Lipinski definition) is 2. The molecular formula is C13H17NO. The first-order valence-corrected chi connectivity index (χ1v) is 5.03. The Bertz CT molecular complexity index is 385. The van der Waals surface area contributed by atoms with Crippen molar-refractivity contribution in [3.05, 3.63) is 29.3 Å². The molecule has 0 spiro atoms. The van der Waals surface area contributed by atoms with Gasteiger partial charge in [0.2, 0.25) is 0 Å². The van der Waals surface area contributed by atoms with Gasteiger partial charge in [-0.25, -0.2) is 0 Å². The van der Waals surface area contributed by atoms with E-state index in [0.29, 0.717) is 6.61 Å². The molecule has 0 saturated carbocycles. The molecule has 15 heavy (non-hydrogen) atoms. The molecule has 0 bridgehead atoms. The van der Waals surface area contributed by atoms with E-state index in [1.165, 1.54) is 0 Å². The first-order valence-electron chi connectivity index (χ1n) is 5.03. The standard InChI is InChI=1S/C13H17NO/c1-4-5-8-15-13-7-6-12(11(3)14)9-10(13)2/h6-7,9,11H,8,14H2,1-3H3/t11-/m1/s1. The molecule has 0 saturated heterocycles. The molecule has 1 rings (SSSR count). The summed E-state index contributed by atoms with van der Waals surface area (Å²) in [5.74, 6) is 6.53. The molecule has 0 amide bonds. The Hall–Kier alpha value is -1.46. The molecule has 0 unspecified atom stereocenters. The summed E-state index contributed by atoms with van der Waals surface area (Å²) in [5.41, 5.74) is 8.02. The van der Waals surface area contributed by atoms with E-state index in [0.717, 1.165) is 16.9 Å². The monoisotopic (exact) mass is 203 g/mol. The summed E-state index contributed by atoms with van der Waals surface area (Å²) in [7, 11) is 0. The Morgan fingerprint density at radius 2 is 2.20 bits per heavy atom. The molecule has 80 valence electrons. The van der Waals surface area contributed by atoms with Crippen molar-refractivity contribution in [2.24, 2.45) is 5.73 Å². The zero-order valence-electron chi connectivity index (χ0n) is 9.50. The molecule has 0 heterocycles. The summed E-state index contributed by atoms with van der Waals surface area (Å²) in [6.45, 7) is 6.22. The van der Waals surface area contributed by atoms with Crippen LogP contribution in [-0.4, -0.2) is 6.61 Å². The zero-order chi connectivity index (χ0) is 11.3. The molecule has 0 fully saturated rings. The van der Waals surface area contributed by atoms with Crippen LogP contribution in [0.1, 0.15) is 31.0 Å². The summed E-state index contributed by atoms with van der Waals surface area (Å²) >= 11 is 0. The number of benzene rings is 1. The second-order valence-electron chi connectivity index (χ2n) is 3.53. The number of aryl methyl sites for hydroxylation is 1. The van der Waals surface area contributed by atoms with Crippen molar-refractivity contribution >= 4 is 0 Å². The van der Waals surface area contributed by atoms with E-state index < -0.39 is 0 Å². The van der Waals surface area contributed by atoms with E-state index >= 15 is 0 Å². The lowest BCUT2D eigenvalue weighted by atomic mass is 10.1. The highest BCUT2D eigenvalue weighted by molar-refractivity contribution is 5.37. The fourth-order valence-corrected chi connectivity index (χ4v) is 1.30. The van der Waals surface area contributed by atoms with Crippen molar-refractivity contribution in [3.63, 3.8) is 0 Å². The Labute approximate surface area is 91.4 Å². The SMILES string of the molecule is CC#CCOc1ccc([C@@H](C)N)cc1C. The third-order valence-electron chi connectivity index (χ3n) is 2.20. The van der Waals surface area contributed by atoms with Crippen molar-refractivity contribution in [1.29, 1.82) is 0 Å². The van der Waals surface area contributed by atoms with Crippen LogP contribution in [0.4, 0.5) is 0 Å². The minimum atomic E-state index is 0.0631. The van der Waals surface area contributed by atoms with E-state index in [9.17, 15) is 0 Å². The average molecular weight is 203 g/mol. The molecule has 0 aromatic heterocycles. The Balaban J connectivity index is 2.77. The molecule has 2 heteroatoms. The van der Waals surface area contributed by atoms with Gasteiger partial charge in [0.15, 0.2) is 0 Å². The Morgan fingerprint density at radius 1 is 1.47 bits per heavy atom. The first kappa shape index (κ1) is 11.6. The van der Waals surface area contributed by atoms with Crippen LogP contribution in [0.5, 0.6) is 5.75 Å². The molecule has 1 aromatic rings. The second-order valence-corrected chi connectivity index (χ2v) is 3.53. The van der Waals surface area contributed by atoms with Crippen LogP contribution >= 0.6 is 0 Å².